The Kier molecular flexibility index (Phi) is 5.21. The number of ether oxygens (including phenoxy) is 1. The number of hydrogen-bond acceptors (Lipinski definition) is 2. The normalized spacial score (nSPS) is 17.5. The van der Waals surface area contributed by atoms with Crippen LogP contribution in [-0.2, 0) is 5.41 Å². The first-order valence-corrected chi connectivity index (χ1v) is 8.62. The predicted molar refractivity (Wildman–Crippen MR) is 94.9 cm³/mol. The molecule has 2 heteroatoms. The zero-order valence-electron chi connectivity index (χ0n) is 15.3. The van der Waals surface area contributed by atoms with Gasteiger partial charge in [-0.25, -0.2) is 0 Å². The summed E-state index contributed by atoms with van der Waals surface area (Å²) in [5.74, 6) is 1.68. The standard InChI is InChI=1S/C20H33NO/c1-19(2,3)14-20(4,5)16-7-8-18(22-6)17(13-16)15-9-11-21-12-10-15/h7-8,13,15,21H,9-12,14H2,1-6H3. The molecular formula is C20H33NO. The Balaban J connectivity index is 2.33. The summed E-state index contributed by atoms with van der Waals surface area (Å²) in [7, 11) is 1.79. The number of rotatable bonds is 4. The van der Waals surface area contributed by atoms with Crippen LogP contribution < -0.4 is 10.1 Å². The van der Waals surface area contributed by atoms with Crippen LogP contribution in [0.15, 0.2) is 18.2 Å². The van der Waals surface area contributed by atoms with Crippen molar-refractivity contribution >= 4 is 0 Å². The SMILES string of the molecule is COc1ccc(C(C)(C)CC(C)(C)C)cc1C1CCNCC1. The maximum Gasteiger partial charge on any atom is 0.122 e. The molecule has 1 fully saturated rings. The van der Waals surface area contributed by atoms with Gasteiger partial charge in [0.1, 0.15) is 5.75 Å². The Hall–Kier alpha value is -1.02. The molecule has 0 spiro atoms. The van der Waals surface area contributed by atoms with E-state index in [-0.39, 0.29) is 5.41 Å². The third-order valence-corrected chi connectivity index (χ3v) is 4.76. The summed E-state index contributed by atoms with van der Waals surface area (Å²) in [6.07, 6.45) is 3.59. The molecule has 1 heterocycles. The first-order valence-electron chi connectivity index (χ1n) is 8.62. The van der Waals surface area contributed by atoms with E-state index in [9.17, 15) is 0 Å². The van der Waals surface area contributed by atoms with E-state index in [1.54, 1.807) is 7.11 Å². The topological polar surface area (TPSA) is 21.3 Å². The highest BCUT2D eigenvalue weighted by molar-refractivity contribution is 5.42. The number of methoxy groups -OCH3 is 1. The maximum atomic E-state index is 5.65. The second kappa shape index (κ2) is 6.62. The van der Waals surface area contributed by atoms with Gasteiger partial charge in [-0.05, 0) is 66.3 Å². The average molecular weight is 303 g/mol. The molecule has 2 nitrogen and oxygen atoms in total. The predicted octanol–water partition coefficient (Wildman–Crippen LogP) is 4.88. The van der Waals surface area contributed by atoms with Crippen LogP contribution in [0.25, 0.3) is 0 Å². The van der Waals surface area contributed by atoms with Crippen LogP contribution in [0.2, 0.25) is 0 Å². The number of nitrogens with one attached hydrogen (secondary N) is 1. The highest BCUT2D eigenvalue weighted by atomic mass is 16.5. The van der Waals surface area contributed by atoms with Crippen LogP contribution in [-0.4, -0.2) is 20.2 Å². The summed E-state index contributed by atoms with van der Waals surface area (Å²) in [6, 6.07) is 6.85. The van der Waals surface area contributed by atoms with E-state index in [0.717, 1.165) is 18.8 Å². The third kappa shape index (κ3) is 4.25. The van der Waals surface area contributed by atoms with Crippen molar-refractivity contribution < 1.29 is 4.74 Å². The fourth-order valence-electron chi connectivity index (χ4n) is 4.04. The lowest BCUT2D eigenvalue weighted by Crippen LogP contribution is -2.28. The molecule has 124 valence electrons. The Bertz CT molecular complexity index is 493. The lowest BCUT2D eigenvalue weighted by atomic mass is 9.71. The quantitative estimate of drug-likeness (QED) is 0.856. The van der Waals surface area contributed by atoms with E-state index < -0.39 is 0 Å². The van der Waals surface area contributed by atoms with Crippen molar-refractivity contribution in [2.75, 3.05) is 20.2 Å². The van der Waals surface area contributed by atoms with Crippen molar-refractivity contribution in [1.29, 1.82) is 0 Å². The van der Waals surface area contributed by atoms with Crippen LogP contribution in [0.3, 0.4) is 0 Å². The summed E-state index contributed by atoms with van der Waals surface area (Å²) in [5.41, 5.74) is 3.37. The fourth-order valence-corrected chi connectivity index (χ4v) is 4.04. The molecule has 0 amide bonds. The van der Waals surface area contributed by atoms with Gasteiger partial charge in [0, 0.05) is 0 Å². The van der Waals surface area contributed by atoms with Gasteiger partial charge in [0.15, 0.2) is 0 Å². The molecule has 1 saturated heterocycles. The number of benzene rings is 1. The molecule has 2 rings (SSSR count). The summed E-state index contributed by atoms with van der Waals surface area (Å²) in [6.45, 7) is 13.9. The van der Waals surface area contributed by atoms with Crippen molar-refractivity contribution in [3.05, 3.63) is 29.3 Å². The highest BCUT2D eigenvalue weighted by Gasteiger charge is 2.29. The van der Waals surface area contributed by atoms with Crippen molar-refractivity contribution in [3.8, 4) is 5.75 Å². The smallest absolute Gasteiger partial charge is 0.122 e. The second-order valence-electron chi connectivity index (χ2n) is 8.60. The molecule has 22 heavy (non-hydrogen) atoms. The first kappa shape index (κ1) is 17.3. The second-order valence-corrected chi connectivity index (χ2v) is 8.60. The van der Waals surface area contributed by atoms with Crippen molar-refractivity contribution in [1.82, 2.24) is 5.32 Å². The molecule has 0 aliphatic carbocycles. The van der Waals surface area contributed by atoms with E-state index in [2.05, 4.69) is 58.1 Å². The van der Waals surface area contributed by atoms with Crippen LogP contribution in [0, 0.1) is 5.41 Å². The molecule has 1 aliphatic rings. The zero-order chi connectivity index (χ0) is 16.4. The minimum absolute atomic E-state index is 0.187. The minimum Gasteiger partial charge on any atom is -0.496 e. The van der Waals surface area contributed by atoms with Gasteiger partial charge in [-0.2, -0.15) is 0 Å². The molecule has 1 aromatic rings. The average Bonchev–Trinajstić information content (AvgIpc) is 2.45. The molecule has 0 atom stereocenters. The molecule has 0 saturated carbocycles. The zero-order valence-corrected chi connectivity index (χ0v) is 15.3. The summed E-state index contributed by atoms with van der Waals surface area (Å²) >= 11 is 0. The lowest BCUT2D eigenvalue weighted by Gasteiger charge is -2.34. The first-order chi connectivity index (χ1) is 10.2. The largest absolute Gasteiger partial charge is 0.496 e. The molecule has 1 aromatic carbocycles. The van der Waals surface area contributed by atoms with Gasteiger partial charge in [0.05, 0.1) is 7.11 Å². The highest BCUT2D eigenvalue weighted by Crippen LogP contribution is 2.40. The molecule has 0 radical (unpaired) electrons. The fraction of sp³-hybridized carbons (Fsp3) is 0.700. The maximum absolute atomic E-state index is 5.65. The number of piperidine rings is 1. The Morgan fingerprint density at radius 2 is 1.73 bits per heavy atom. The van der Waals surface area contributed by atoms with Gasteiger partial charge in [-0.3, -0.25) is 0 Å². The Morgan fingerprint density at radius 1 is 1.09 bits per heavy atom. The van der Waals surface area contributed by atoms with Crippen molar-refractivity contribution in [2.24, 2.45) is 5.41 Å². The summed E-state index contributed by atoms with van der Waals surface area (Å²) < 4.78 is 5.65. The van der Waals surface area contributed by atoms with Crippen LogP contribution in [0.4, 0.5) is 0 Å². The summed E-state index contributed by atoms with van der Waals surface area (Å²) in [4.78, 5) is 0. The van der Waals surface area contributed by atoms with Gasteiger partial charge >= 0.3 is 0 Å². The van der Waals surface area contributed by atoms with Gasteiger partial charge in [0.2, 0.25) is 0 Å². The Labute approximate surface area is 136 Å². The molecular weight excluding hydrogens is 270 g/mol. The van der Waals surface area contributed by atoms with Gasteiger partial charge in [-0.1, -0.05) is 46.8 Å². The van der Waals surface area contributed by atoms with Gasteiger partial charge in [0.25, 0.3) is 0 Å². The van der Waals surface area contributed by atoms with Gasteiger partial charge < -0.3 is 10.1 Å². The van der Waals surface area contributed by atoms with Crippen LogP contribution >= 0.6 is 0 Å². The van der Waals surface area contributed by atoms with E-state index in [1.165, 1.54) is 30.4 Å². The molecule has 1 N–H and O–H groups in total. The molecule has 1 aliphatic heterocycles. The van der Waals surface area contributed by atoms with Gasteiger partial charge in [-0.15, -0.1) is 0 Å². The van der Waals surface area contributed by atoms with Crippen molar-refractivity contribution in [3.63, 3.8) is 0 Å². The lowest BCUT2D eigenvalue weighted by molar-refractivity contribution is 0.283. The molecule has 0 unspecified atom stereocenters. The third-order valence-electron chi connectivity index (χ3n) is 4.76. The van der Waals surface area contributed by atoms with E-state index in [1.807, 2.05) is 0 Å². The minimum atomic E-state index is 0.187. The van der Waals surface area contributed by atoms with E-state index in [0.29, 0.717) is 11.3 Å². The number of hydrogen-bond donors (Lipinski definition) is 1. The molecule has 0 bridgehead atoms. The summed E-state index contributed by atoms with van der Waals surface area (Å²) in [5, 5.41) is 3.46. The van der Waals surface area contributed by atoms with Crippen molar-refractivity contribution in [2.45, 2.75) is 65.2 Å². The van der Waals surface area contributed by atoms with Crippen LogP contribution in [0.1, 0.15) is 70.9 Å². The molecule has 0 aromatic heterocycles. The van der Waals surface area contributed by atoms with E-state index in [4.69, 9.17) is 4.74 Å². The Morgan fingerprint density at radius 3 is 2.27 bits per heavy atom. The van der Waals surface area contributed by atoms with E-state index >= 15 is 0 Å². The van der Waals surface area contributed by atoms with Crippen LogP contribution in [0.5, 0.6) is 5.75 Å². The monoisotopic (exact) mass is 303 g/mol.